The third kappa shape index (κ3) is 2.43. The Hall–Kier alpha value is -1.61. The maximum atomic E-state index is 13.7. The van der Waals surface area contributed by atoms with Gasteiger partial charge >= 0.3 is 0 Å². The number of aryl methyl sites for hydroxylation is 1. The van der Waals surface area contributed by atoms with Crippen molar-refractivity contribution in [3.05, 3.63) is 64.2 Å². The van der Waals surface area contributed by atoms with E-state index in [1.807, 2.05) is 0 Å². The lowest BCUT2D eigenvalue weighted by Crippen LogP contribution is -2.08. The quantitative estimate of drug-likeness (QED) is 0.839. The Morgan fingerprint density at radius 3 is 2.74 bits per heavy atom. The van der Waals surface area contributed by atoms with E-state index >= 15 is 0 Å². The van der Waals surface area contributed by atoms with Crippen LogP contribution >= 0.6 is 11.6 Å². The zero-order valence-corrected chi connectivity index (χ0v) is 10.8. The van der Waals surface area contributed by atoms with Crippen LogP contribution in [0.1, 0.15) is 23.6 Å². The molecule has 0 amide bonds. The van der Waals surface area contributed by atoms with Crippen LogP contribution in [0.15, 0.2) is 36.4 Å². The molecule has 0 saturated carbocycles. The van der Waals surface area contributed by atoms with Gasteiger partial charge in [0.15, 0.2) is 0 Å². The number of nitrogens with one attached hydrogen (secondary N) is 1. The topological polar surface area (TPSA) is 12.0 Å². The van der Waals surface area contributed by atoms with Crippen LogP contribution in [0.4, 0.5) is 14.5 Å². The molecular formula is C15H12ClF2N. The Morgan fingerprint density at radius 2 is 1.95 bits per heavy atom. The maximum Gasteiger partial charge on any atom is 0.147 e. The summed E-state index contributed by atoms with van der Waals surface area (Å²) in [6, 6.07) is 9.33. The Labute approximate surface area is 115 Å². The molecule has 0 fully saturated rings. The van der Waals surface area contributed by atoms with Crippen LogP contribution in [0.25, 0.3) is 0 Å². The monoisotopic (exact) mass is 279 g/mol. The van der Waals surface area contributed by atoms with Crippen molar-refractivity contribution in [3.8, 4) is 0 Å². The van der Waals surface area contributed by atoms with E-state index in [1.165, 1.54) is 12.1 Å². The Bertz CT molecular complexity index is 628. The first-order valence-electron chi connectivity index (χ1n) is 6.13. The number of rotatable bonds is 2. The standard InChI is InChI=1S/C15H12ClF2N/c16-10-2-6-15(13(18)8-10)19-14-5-1-9-7-11(17)3-4-12(9)14/h2-4,6-8,14,19H,1,5H2. The van der Waals surface area contributed by atoms with E-state index in [0.29, 0.717) is 10.7 Å². The van der Waals surface area contributed by atoms with Gasteiger partial charge in [0.05, 0.1) is 11.7 Å². The molecule has 0 radical (unpaired) electrons. The fraction of sp³-hybridized carbons (Fsp3) is 0.200. The first-order chi connectivity index (χ1) is 9.13. The summed E-state index contributed by atoms with van der Waals surface area (Å²) in [6.45, 7) is 0. The van der Waals surface area contributed by atoms with Crippen LogP contribution < -0.4 is 5.32 Å². The van der Waals surface area contributed by atoms with Gasteiger partial charge in [-0.2, -0.15) is 0 Å². The second-order valence-electron chi connectivity index (χ2n) is 4.70. The van der Waals surface area contributed by atoms with Crippen molar-refractivity contribution in [2.45, 2.75) is 18.9 Å². The lowest BCUT2D eigenvalue weighted by molar-refractivity contribution is 0.624. The number of hydrogen-bond acceptors (Lipinski definition) is 1. The molecule has 1 nitrogen and oxygen atoms in total. The molecule has 0 bridgehead atoms. The highest BCUT2D eigenvalue weighted by molar-refractivity contribution is 6.30. The van der Waals surface area contributed by atoms with E-state index in [0.717, 1.165) is 24.0 Å². The van der Waals surface area contributed by atoms with Crippen molar-refractivity contribution in [1.29, 1.82) is 0 Å². The van der Waals surface area contributed by atoms with Crippen molar-refractivity contribution in [1.82, 2.24) is 0 Å². The molecule has 0 aromatic heterocycles. The third-order valence-corrected chi connectivity index (χ3v) is 3.68. The molecule has 1 atom stereocenters. The number of anilines is 1. The molecule has 2 aromatic carbocycles. The van der Waals surface area contributed by atoms with E-state index in [2.05, 4.69) is 5.32 Å². The summed E-state index contributed by atoms with van der Waals surface area (Å²) in [6.07, 6.45) is 1.64. The molecule has 2 aromatic rings. The van der Waals surface area contributed by atoms with Crippen molar-refractivity contribution in [2.75, 3.05) is 5.32 Å². The first kappa shape index (κ1) is 12.4. The fourth-order valence-corrected chi connectivity index (χ4v) is 2.69. The summed E-state index contributed by atoms with van der Waals surface area (Å²) < 4.78 is 26.9. The molecule has 4 heteroatoms. The van der Waals surface area contributed by atoms with Gasteiger partial charge in [-0.15, -0.1) is 0 Å². The summed E-state index contributed by atoms with van der Waals surface area (Å²) in [5, 5.41) is 3.53. The lowest BCUT2D eigenvalue weighted by atomic mass is 10.1. The van der Waals surface area contributed by atoms with Gasteiger partial charge in [-0.3, -0.25) is 0 Å². The van der Waals surface area contributed by atoms with Gasteiger partial charge in [0, 0.05) is 5.02 Å². The van der Waals surface area contributed by atoms with Crippen LogP contribution in [-0.4, -0.2) is 0 Å². The number of hydrogen-bond donors (Lipinski definition) is 1. The Morgan fingerprint density at radius 1 is 1.11 bits per heavy atom. The smallest absolute Gasteiger partial charge is 0.147 e. The molecule has 98 valence electrons. The summed E-state index contributed by atoms with van der Waals surface area (Å²) >= 11 is 5.72. The maximum absolute atomic E-state index is 13.7. The Kier molecular flexibility index (Phi) is 3.15. The van der Waals surface area contributed by atoms with Crippen molar-refractivity contribution >= 4 is 17.3 Å². The molecule has 0 heterocycles. The zero-order chi connectivity index (χ0) is 13.4. The van der Waals surface area contributed by atoms with Gasteiger partial charge in [0.25, 0.3) is 0 Å². The average Bonchev–Trinajstić information content (AvgIpc) is 2.75. The highest BCUT2D eigenvalue weighted by Gasteiger charge is 2.23. The predicted molar refractivity (Wildman–Crippen MR) is 72.5 cm³/mol. The highest BCUT2D eigenvalue weighted by atomic mass is 35.5. The van der Waals surface area contributed by atoms with E-state index in [4.69, 9.17) is 11.6 Å². The highest BCUT2D eigenvalue weighted by Crippen LogP contribution is 2.35. The average molecular weight is 280 g/mol. The largest absolute Gasteiger partial charge is 0.376 e. The normalized spacial score (nSPS) is 17.3. The molecule has 0 spiro atoms. The molecule has 1 unspecified atom stereocenters. The molecule has 1 aliphatic rings. The molecule has 0 saturated heterocycles. The SMILES string of the molecule is Fc1ccc2c(c1)CCC2Nc1ccc(Cl)cc1F. The predicted octanol–water partition coefficient (Wildman–Crippen LogP) is 4.72. The Balaban J connectivity index is 1.86. The van der Waals surface area contributed by atoms with Crippen LogP contribution in [0, 0.1) is 11.6 Å². The van der Waals surface area contributed by atoms with Crippen molar-refractivity contribution in [2.24, 2.45) is 0 Å². The van der Waals surface area contributed by atoms with Crippen LogP contribution in [0.5, 0.6) is 0 Å². The molecule has 19 heavy (non-hydrogen) atoms. The van der Waals surface area contributed by atoms with Crippen LogP contribution in [0.2, 0.25) is 5.02 Å². The zero-order valence-electron chi connectivity index (χ0n) is 10.1. The van der Waals surface area contributed by atoms with Gasteiger partial charge in [-0.1, -0.05) is 17.7 Å². The minimum absolute atomic E-state index is 0.0197. The summed E-state index contributed by atoms with van der Waals surface area (Å²) in [5.74, 6) is -0.597. The van der Waals surface area contributed by atoms with Crippen molar-refractivity contribution < 1.29 is 8.78 Å². The molecule has 1 N–H and O–H groups in total. The van der Waals surface area contributed by atoms with Gasteiger partial charge < -0.3 is 5.32 Å². The summed E-state index contributed by atoms with van der Waals surface area (Å²) in [7, 11) is 0. The van der Waals surface area contributed by atoms with Crippen LogP contribution in [0.3, 0.4) is 0 Å². The molecule has 0 aliphatic heterocycles. The van der Waals surface area contributed by atoms with Crippen molar-refractivity contribution in [3.63, 3.8) is 0 Å². The second-order valence-corrected chi connectivity index (χ2v) is 5.14. The number of benzene rings is 2. The number of halogens is 3. The molecular weight excluding hydrogens is 268 g/mol. The summed E-state index contributed by atoms with van der Waals surface area (Å²) in [5.41, 5.74) is 2.45. The van der Waals surface area contributed by atoms with Gasteiger partial charge in [-0.25, -0.2) is 8.78 Å². The molecule has 1 aliphatic carbocycles. The van der Waals surface area contributed by atoms with Gasteiger partial charge in [0.1, 0.15) is 11.6 Å². The van der Waals surface area contributed by atoms with E-state index in [1.54, 1.807) is 24.3 Å². The van der Waals surface area contributed by atoms with Gasteiger partial charge in [-0.05, 0) is 54.3 Å². The summed E-state index contributed by atoms with van der Waals surface area (Å²) in [4.78, 5) is 0. The minimum atomic E-state index is -0.372. The third-order valence-electron chi connectivity index (χ3n) is 3.44. The van der Waals surface area contributed by atoms with Crippen LogP contribution in [-0.2, 0) is 6.42 Å². The van der Waals surface area contributed by atoms with E-state index in [9.17, 15) is 8.78 Å². The van der Waals surface area contributed by atoms with Gasteiger partial charge in [0.2, 0.25) is 0 Å². The second kappa shape index (κ2) is 4.82. The molecule has 3 rings (SSSR count). The fourth-order valence-electron chi connectivity index (χ4n) is 2.53. The number of fused-ring (bicyclic) bond motifs is 1. The van der Waals surface area contributed by atoms with E-state index in [-0.39, 0.29) is 17.7 Å². The minimum Gasteiger partial charge on any atom is -0.376 e. The lowest BCUT2D eigenvalue weighted by Gasteiger charge is -2.16. The first-order valence-corrected chi connectivity index (χ1v) is 6.51. The van der Waals surface area contributed by atoms with E-state index < -0.39 is 0 Å².